The van der Waals surface area contributed by atoms with Crippen LogP contribution in [0.4, 0.5) is 0 Å². The van der Waals surface area contributed by atoms with Crippen molar-refractivity contribution in [3.63, 3.8) is 0 Å². The first-order valence-electron chi connectivity index (χ1n) is 6.67. The zero-order valence-electron chi connectivity index (χ0n) is 11.9. The Labute approximate surface area is 130 Å². The number of alkyl halides is 1. The van der Waals surface area contributed by atoms with E-state index in [1.165, 1.54) is 11.1 Å². The van der Waals surface area contributed by atoms with Crippen LogP contribution in [0.3, 0.4) is 0 Å². The van der Waals surface area contributed by atoms with Gasteiger partial charge in [-0.15, -0.1) is 11.6 Å². The number of rotatable bonds is 4. The normalized spacial score (nSPS) is 12.2. The zero-order valence-corrected chi connectivity index (χ0v) is 13.4. The average molecular weight is 309 g/mol. The molecule has 0 aliphatic heterocycles. The third-order valence-electron chi connectivity index (χ3n) is 3.38. The van der Waals surface area contributed by atoms with Crippen LogP contribution in [0.25, 0.3) is 0 Å². The summed E-state index contributed by atoms with van der Waals surface area (Å²) < 4.78 is 5.65. The highest BCUT2D eigenvalue weighted by molar-refractivity contribution is 6.33. The van der Waals surface area contributed by atoms with Gasteiger partial charge >= 0.3 is 0 Å². The van der Waals surface area contributed by atoms with Crippen molar-refractivity contribution in [3.8, 4) is 5.75 Å². The molecule has 0 bridgehead atoms. The fourth-order valence-electron chi connectivity index (χ4n) is 2.14. The molecule has 0 aromatic heterocycles. The predicted octanol–water partition coefficient (Wildman–Crippen LogP) is 5.68. The smallest absolute Gasteiger partial charge is 0.124 e. The Morgan fingerprint density at radius 1 is 1.05 bits per heavy atom. The molecule has 1 atom stereocenters. The number of para-hydroxylation sites is 1. The maximum atomic E-state index is 6.64. The molecule has 2 rings (SSSR count). The van der Waals surface area contributed by atoms with Gasteiger partial charge in [-0.2, -0.15) is 0 Å². The highest BCUT2D eigenvalue weighted by Crippen LogP contribution is 2.39. The maximum absolute atomic E-state index is 6.64. The SMILES string of the molecule is CCOc1ccccc1C(Cl)c1cc(C)c(C)cc1Cl. The minimum absolute atomic E-state index is 0.315. The van der Waals surface area contributed by atoms with Crippen LogP contribution in [0.2, 0.25) is 5.02 Å². The van der Waals surface area contributed by atoms with Crippen molar-refractivity contribution in [1.82, 2.24) is 0 Å². The van der Waals surface area contributed by atoms with Crippen molar-refractivity contribution < 1.29 is 4.74 Å². The molecule has 106 valence electrons. The Morgan fingerprint density at radius 3 is 2.40 bits per heavy atom. The number of hydrogen-bond donors (Lipinski definition) is 0. The molecule has 0 amide bonds. The molecule has 20 heavy (non-hydrogen) atoms. The first kappa shape index (κ1) is 15.2. The molecule has 1 nitrogen and oxygen atoms in total. The number of hydrogen-bond acceptors (Lipinski definition) is 1. The van der Waals surface area contributed by atoms with Gasteiger partial charge in [0.25, 0.3) is 0 Å². The van der Waals surface area contributed by atoms with E-state index >= 15 is 0 Å². The summed E-state index contributed by atoms with van der Waals surface area (Å²) in [6.07, 6.45) is 0. The second kappa shape index (κ2) is 6.51. The van der Waals surface area contributed by atoms with Crippen LogP contribution in [-0.4, -0.2) is 6.61 Å². The lowest BCUT2D eigenvalue weighted by molar-refractivity contribution is 0.337. The number of ether oxygens (including phenoxy) is 1. The van der Waals surface area contributed by atoms with E-state index in [1.807, 2.05) is 44.2 Å². The van der Waals surface area contributed by atoms with Crippen LogP contribution in [0.5, 0.6) is 5.75 Å². The van der Waals surface area contributed by atoms with Crippen molar-refractivity contribution in [2.45, 2.75) is 26.1 Å². The molecule has 0 fully saturated rings. The zero-order chi connectivity index (χ0) is 14.7. The molecule has 3 heteroatoms. The van der Waals surface area contributed by atoms with Crippen molar-refractivity contribution in [2.75, 3.05) is 6.61 Å². The lowest BCUT2D eigenvalue weighted by Gasteiger charge is -2.17. The summed E-state index contributed by atoms with van der Waals surface area (Å²) in [6, 6.07) is 11.8. The molecule has 1 unspecified atom stereocenters. The second-order valence-corrected chi connectivity index (χ2v) is 5.64. The van der Waals surface area contributed by atoms with Crippen LogP contribution < -0.4 is 4.74 Å². The van der Waals surface area contributed by atoms with Crippen LogP contribution in [-0.2, 0) is 0 Å². The molecule has 0 saturated heterocycles. The molecule has 0 aliphatic carbocycles. The maximum Gasteiger partial charge on any atom is 0.124 e. The van der Waals surface area contributed by atoms with Gasteiger partial charge in [0.05, 0.1) is 12.0 Å². The monoisotopic (exact) mass is 308 g/mol. The van der Waals surface area contributed by atoms with Gasteiger partial charge in [0.2, 0.25) is 0 Å². The first-order chi connectivity index (χ1) is 9.54. The Hall–Kier alpha value is -1.18. The number of halogens is 2. The van der Waals surface area contributed by atoms with Gasteiger partial charge < -0.3 is 4.74 Å². The fourth-order valence-corrected chi connectivity index (χ4v) is 2.89. The van der Waals surface area contributed by atoms with Crippen molar-refractivity contribution in [1.29, 1.82) is 0 Å². The summed E-state index contributed by atoms with van der Waals surface area (Å²) in [7, 11) is 0. The number of benzene rings is 2. The molecule has 0 spiro atoms. The minimum Gasteiger partial charge on any atom is -0.494 e. The lowest BCUT2D eigenvalue weighted by Crippen LogP contribution is -2.01. The standard InChI is InChI=1S/C17H18Cl2O/c1-4-20-16-8-6-5-7-13(16)17(19)14-9-11(2)12(3)10-15(14)18/h5-10,17H,4H2,1-3H3. The van der Waals surface area contributed by atoms with Gasteiger partial charge in [0, 0.05) is 10.6 Å². The van der Waals surface area contributed by atoms with Crippen LogP contribution in [0.1, 0.15) is 34.6 Å². The molecule has 0 aliphatic rings. The third kappa shape index (κ3) is 3.11. The van der Waals surface area contributed by atoms with E-state index < -0.39 is 0 Å². The third-order valence-corrected chi connectivity index (χ3v) is 4.18. The van der Waals surface area contributed by atoms with Gasteiger partial charge in [0.15, 0.2) is 0 Å². The summed E-state index contributed by atoms with van der Waals surface area (Å²) in [4.78, 5) is 0. The van der Waals surface area contributed by atoms with Crippen molar-refractivity contribution in [3.05, 3.63) is 63.7 Å². The Morgan fingerprint density at radius 2 is 1.70 bits per heavy atom. The molecule has 0 N–H and O–H groups in total. The van der Waals surface area contributed by atoms with Gasteiger partial charge in [0.1, 0.15) is 5.75 Å². The molecule has 0 radical (unpaired) electrons. The van der Waals surface area contributed by atoms with Crippen LogP contribution in [0.15, 0.2) is 36.4 Å². The van der Waals surface area contributed by atoms with Crippen molar-refractivity contribution in [2.24, 2.45) is 0 Å². The molecule has 2 aromatic rings. The highest BCUT2D eigenvalue weighted by Gasteiger charge is 2.18. The molecule has 0 heterocycles. The molecule has 0 saturated carbocycles. The van der Waals surface area contributed by atoms with E-state index in [-0.39, 0.29) is 5.38 Å². The fraction of sp³-hybridized carbons (Fsp3) is 0.294. The summed E-state index contributed by atoms with van der Waals surface area (Å²) in [5, 5.41) is 0.379. The van der Waals surface area contributed by atoms with E-state index in [0.717, 1.165) is 16.9 Å². The van der Waals surface area contributed by atoms with Gasteiger partial charge in [-0.3, -0.25) is 0 Å². The largest absolute Gasteiger partial charge is 0.494 e. The summed E-state index contributed by atoms with van der Waals surface area (Å²) >= 11 is 13.0. The van der Waals surface area contributed by atoms with E-state index in [1.54, 1.807) is 0 Å². The average Bonchev–Trinajstić information content (AvgIpc) is 2.43. The van der Waals surface area contributed by atoms with Gasteiger partial charge in [-0.05, 0) is 49.6 Å². The molecular weight excluding hydrogens is 291 g/mol. The summed E-state index contributed by atoms with van der Waals surface area (Å²) in [6.45, 7) is 6.68. The molecular formula is C17H18Cl2O. The first-order valence-corrected chi connectivity index (χ1v) is 7.48. The summed E-state index contributed by atoms with van der Waals surface area (Å²) in [5.41, 5.74) is 4.22. The van der Waals surface area contributed by atoms with Crippen LogP contribution in [0, 0.1) is 13.8 Å². The summed E-state index contributed by atoms with van der Waals surface area (Å²) in [5.74, 6) is 0.810. The topological polar surface area (TPSA) is 9.23 Å². The van der Waals surface area contributed by atoms with E-state index in [9.17, 15) is 0 Å². The van der Waals surface area contributed by atoms with Gasteiger partial charge in [-0.25, -0.2) is 0 Å². The highest BCUT2D eigenvalue weighted by atomic mass is 35.5. The van der Waals surface area contributed by atoms with E-state index in [4.69, 9.17) is 27.9 Å². The Balaban J connectivity index is 2.46. The lowest BCUT2D eigenvalue weighted by atomic mass is 9.99. The Kier molecular flexibility index (Phi) is 4.95. The quantitative estimate of drug-likeness (QED) is 0.660. The van der Waals surface area contributed by atoms with Crippen LogP contribution >= 0.6 is 23.2 Å². The predicted molar refractivity (Wildman–Crippen MR) is 86.2 cm³/mol. The van der Waals surface area contributed by atoms with Gasteiger partial charge in [-0.1, -0.05) is 35.9 Å². The number of aryl methyl sites for hydroxylation is 2. The van der Waals surface area contributed by atoms with Crippen molar-refractivity contribution >= 4 is 23.2 Å². The second-order valence-electron chi connectivity index (χ2n) is 4.79. The molecule has 2 aromatic carbocycles. The Bertz CT molecular complexity index is 608. The minimum atomic E-state index is -0.315. The van der Waals surface area contributed by atoms with E-state index in [2.05, 4.69) is 13.0 Å². The van der Waals surface area contributed by atoms with E-state index in [0.29, 0.717) is 11.6 Å².